The first-order chi connectivity index (χ1) is 14.1. The number of rotatable bonds is 7. The van der Waals surface area contributed by atoms with Crippen LogP contribution in [0.3, 0.4) is 0 Å². The molecule has 1 amide bonds. The van der Waals surface area contributed by atoms with Crippen LogP contribution >= 0.6 is 23.4 Å². The van der Waals surface area contributed by atoms with Crippen LogP contribution < -0.4 is 11.1 Å². The molecule has 0 aliphatic heterocycles. The summed E-state index contributed by atoms with van der Waals surface area (Å²) in [5.41, 5.74) is 4.39. The lowest BCUT2D eigenvalue weighted by molar-refractivity contribution is 0.102. The highest BCUT2D eigenvalue weighted by atomic mass is 35.5. The molecule has 0 aliphatic rings. The van der Waals surface area contributed by atoms with Crippen molar-refractivity contribution in [1.82, 2.24) is 4.98 Å². The third kappa shape index (κ3) is 5.46. The smallest absolute Gasteiger partial charge is 0.274 e. The Kier molecular flexibility index (Phi) is 8.14. The Bertz CT molecular complexity index is 942. The third-order valence-corrected chi connectivity index (χ3v) is 5.58. The van der Waals surface area contributed by atoms with Crippen LogP contribution in [0.1, 0.15) is 36.3 Å². The molecule has 0 aliphatic carbocycles. The number of carbonyl (C=O) groups excluding carboxylic acids is 1. The van der Waals surface area contributed by atoms with Gasteiger partial charge in [0.25, 0.3) is 5.91 Å². The number of amidine groups is 1. The van der Waals surface area contributed by atoms with Gasteiger partial charge in [0.15, 0.2) is 16.8 Å². The van der Waals surface area contributed by atoms with Crippen LogP contribution in [0, 0.1) is 17.6 Å². The molecule has 1 aromatic heterocycles. The lowest BCUT2D eigenvalue weighted by Gasteiger charge is -2.33. The van der Waals surface area contributed by atoms with Gasteiger partial charge in [0.2, 0.25) is 0 Å². The number of anilines is 1. The topological polar surface area (TPSA) is 80.4 Å². The minimum Gasteiger partial charge on any atom is -0.379 e. The van der Waals surface area contributed by atoms with Crippen LogP contribution in [0.5, 0.6) is 0 Å². The lowest BCUT2D eigenvalue weighted by atomic mass is 9.79. The van der Waals surface area contributed by atoms with Crippen molar-refractivity contribution >= 4 is 40.1 Å². The summed E-state index contributed by atoms with van der Waals surface area (Å²) in [6.07, 6.45) is 3.04. The highest BCUT2D eigenvalue weighted by Gasteiger charge is 2.37. The van der Waals surface area contributed by atoms with Crippen LogP contribution in [0.15, 0.2) is 35.5 Å². The van der Waals surface area contributed by atoms with Gasteiger partial charge < -0.3 is 11.1 Å². The maximum absolute atomic E-state index is 14.8. The van der Waals surface area contributed by atoms with Crippen molar-refractivity contribution in [3.8, 4) is 0 Å². The standard InChI is InChI=1S/C20H22ClF3N4OS/c1-11(6-7-22)20(2,28-19(25)30-3)14-8-13(9-15(23)17(14)24)27-18(29)16-5-4-12(21)10-26-16/h4-5,8-11H,6-7H2,1-3H3,(H2,25,28)(H,27,29)/t11-,20+/m1/s1. The van der Waals surface area contributed by atoms with Gasteiger partial charge in [0.1, 0.15) is 5.69 Å². The van der Waals surface area contributed by atoms with Gasteiger partial charge in [-0.25, -0.2) is 13.8 Å². The first kappa shape index (κ1) is 24.0. The first-order valence-electron chi connectivity index (χ1n) is 9.00. The number of pyridine rings is 1. The molecule has 5 nitrogen and oxygen atoms in total. The quantitative estimate of drug-likeness (QED) is 0.444. The van der Waals surface area contributed by atoms with E-state index in [0.29, 0.717) is 5.02 Å². The summed E-state index contributed by atoms with van der Waals surface area (Å²) in [7, 11) is 0. The van der Waals surface area contributed by atoms with Gasteiger partial charge in [0, 0.05) is 23.5 Å². The average molecular weight is 459 g/mol. The van der Waals surface area contributed by atoms with Crippen LogP contribution in [0.4, 0.5) is 18.9 Å². The molecular formula is C20H22ClF3N4OS. The molecule has 1 heterocycles. The monoisotopic (exact) mass is 458 g/mol. The van der Waals surface area contributed by atoms with E-state index in [2.05, 4.69) is 15.3 Å². The number of thioether (sulfide) groups is 1. The predicted octanol–water partition coefficient (Wildman–Crippen LogP) is 5.15. The van der Waals surface area contributed by atoms with Gasteiger partial charge in [-0.2, -0.15) is 0 Å². The van der Waals surface area contributed by atoms with E-state index in [1.165, 1.54) is 24.4 Å². The number of hydrogen-bond acceptors (Lipinski definition) is 4. The maximum Gasteiger partial charge on any atom is 0.274 e. The lowest BCUT2D eigenvalue weighted by Crippen LogP contribution is -2.33. The molecule has 0 bridgehead atoms. The van der Waals surface area contributed by atoms with Crippen LogP contribution in [-0.2, 0) is 5.54 Å². The second-order valence-electron chi connectivity index (χ2n) is 6.82. The number of amides is 1. The fourth-order valence-corrected chi connectivity index (χ4v) is 3.28. The molecule has 2 aromatic rings. The van der Waals surface area contributed by atoms with Crippen molar-refractivity contribution in [3.63, 3.8) is 0 Å². The van der Waals surface area contributed by atoms with Crippen molar-refractivity contribution in [2.45, 2.75) is 25.8 Å². The number of halogens is 4. The van der Waals surface area contributed by atoms with Crippen molar-refractivity contribution in [2.75, 3.05) is 18.2 Å². The molecule has 0 fully saturated rings. The molecule has 2 rings (SSSR count). The Labute approximate surface area is 182 Å². The van der Waals surface area contributed by atoms with Crippen LogP contribution in [0.25, 0.3) is 0 Å². The Balaban J connectivity index is 2.51. The number of nitrogens with zero attached hydrogens (tertiary/aromatic N) is 2. The molecule has 0 unspecified atom stereocenters. The average Bonchev–Trinajstić information content (AvgIpc) is 2.70. The fourth-order valence-electron chi connectivity index (χ4n) is 2.89. The SMILES string of the molecule is CSC(N)=N[C@](C)(c1cc(NC(=O)c2ccc(Cl)cn2)cc(F)c1F)[C@H](C)CCF. The molecule has 0 spiro atoms. The zero-order valence-corrected chi connectivity index (χ0v) is 18.3. The van der Waals surface area contributed by atoms with Crippen molar-refractivity contribution in [2.24, 2.45) is 16.6 Å². The summed E-state index contributed by atoms with van der Waals surface area (Å²) < 4.78 is 42.3. The number of benzene rings is 1. The van der Waals surface area contributed by atoms with Crippen molar-refractivity contribution in [3.05, 3.63) is 58.4 Å². The highest BCUT2D eigenvalue weighted by molar-refractivity contribution is 8.13. The van der Waals surface area contributed by atoms with E-state index in [0.717, 1.165) is 17.8 Å². The van der Waals surface area contributed by atoms with E-state index in [1.54, 1.807) is 20.1 Å². The predicted molar refractivity (Wildman–Crippen MR) is 116 cm³/mol. The normalized spacial score (nSPS) is 14.8. The zero-order valence-electron chi connectivity index (χ0n) is 16.7. The van der Waals surface area contributed by atoms with Crippen LogP contribution in [0.2, 0.25) is 5.02 Å². The molecule has 30 heavy (non-hydrogen) atoms. The molecule has 1 aromatic carbocycles. The highest BCUT2D eigenvalue weighted by Crippen LogP contribution is 2.39. The zero-order chi connectivity index (χ0) is 22.5. The van der Waals surface area contributed by atoms with Gasteiger partial charge in [-0.3, -0.25) is 14.2 Å². The van der Waals surface area contributed by atoms with E-state index in [1.807, 2.05) is 0 Å². The number of aromatic nitrogens is 1. The fraction of sp³-hybridized carbons (Fsp3) is 0.350. The Morgan fingerprint density at radius 3 is 2.67 bits per heavy atom. The van der Waals surface area contributed by atoms with Gasteiger partial charge in [0.05, 0.1) is 17.2 Å². The van der Waals surface area contributed by atoms with Gasteiger partial charge >= 0.3 is 0 Å². The summed E-state index contributed by atoms with van der Waals surface area (Å²) in [5.74, 6) is -3.45. The molecular weight excluding hydrogens is 437 g/mol. The number of aliphatic imine (C=N–C) groups is 1. The summed E-state index contributed by atoms with van der Waals surface area (Å²) in [6, 6.07) is 5.01. The number of hydrogen-bond donors (Lipinski definition) is 2. The number of nitrogens with two attached hydrogens (primary N) is 1. The van der Waals surface area contributed by atoms with Gasteiger partial charge in [-0.15, -0.1) is 0 Å². The minimum atomic E-state index is -1.36. The minimum absolute atomic E-state index is 0.00208. The van der Waals surface area contributed by atoms with E-state index in [-0.39, 0.29) is 28.5 Å². The second kappa shape index (κ2) is 10.2. The number of alkyl halides is 1. The first-order valence-corrected chi connectivity index (χ1v) is 10.6. The molecule has 10 heteroatoms. The van der Waals surface area contributed by atoms with Crippen molar-refractivity contribution < 1.29 is 18.0 Å². The molecule has 2 atom stereocenters. The van der Waals surface area contributed by atoms with Gasteiger partial charge in [-0.1, -0.05) is 30.3 Å². The molecule has 0 radical (unpaired) electrons. The molecule has 162 valence electrons. The number of carbonyl (C=O) groups is 1. The van der Waals surface area contributed by atoms with Gasteiger partial charge in [-0.05, 0) is 43.7 Å². The maximum atomic E-state index is 14.8. The van der Waals surface area contributed by atoms with E-state index in [4.69, 9.17) is 17.3 Å². The third-order valence-electron chi connectivity index (χ3n) is 4.84. The molecule has 0 saturated carbocycles. The van der Waals surface area contributed by atoms with E-state index in [9.17, 15) is 18.0 Å². The Morgan fingerprint density at radius 1 is 1.40 bits per heavy atom. The second-order valence-corrected chi connectivity index (χ2v) is 8.08. The van der Waals surface area contributed by atoms with Crippen LogP contribution in [-0.4, -0.2) is 29.0 Å². The number of nitrogens with one attached hydrogen (secondary N) is 1. The summed E-state index contributed by atoms with van der Waals surface area (Å²) >= 11 is 6.89. The molecule has 0 saturated heterocycles. The van der Waals surface area contributed by atoms with E-state index < -0.39 is 35.7 Å². The van der Waals surface area contributed by atoms with Crippen molar-refractivity contribution in [1.29, 1.82) is 0 Å². The Hall–Kier alpha value is -2.26. The molecule has 3 N–H and O–H groups in total. The largest absolute Gasteiger partial charge is 0.379 e. The Morgan fingerprint density at radius 2 is 2.10 bits per heavy atom. The summed E-state index contributed by atoms with van der Waals surface area (Å²) in [4.78, 5) is 20.7. The summed E-state index contributed by atoms with van der Waals surface area (Å²) in [6.45, 7) is 2.58. The van der Waals surface area contributed by atoms with E-state index >= 15 is 0 Å². The summed E-state index contributed by atoms with van der Waals surface area (Å²) in [5, 5.41) is 2.98.